The van der Waals surface area contributed by atoms with Gasteiger partial charge in [-0.1, -0.05) is 13.8 Å². The fourth-order valence-corrected chi connectivity index (χ4v) is 5.22. The van der Waals surface area contributed by atoms with Crippen LogP contribution >= 0.6 is 0 Å². The number of benzene rings is 1. The Morgan fingerprint density at radius 3 is 2.76 bits per heavy atom. The molecule has 33 heavy (non-hydrogen) atoms. The molecule has 0 saturated carbocycles. The van der Waals surface area contributed by atoms with Crippen LogP contribution < -0.4 is 10.2 Å². The SMILES string of the molecule is C[C@@H](C(=O)N(C)c1cc2[nH]c(-c3n[nH]c4c3CCC(C)(C)C4)cc2cc1F)N1CCNCC1. The third-order valence-corrected chi connectivity index (χ3v) is 7.35. The molecule has 3 aromatic rings. The van der Waals surface area contributed by atoms with Crippen LogP contribution in [0.15, 0.2) is 18.2 Å². The first-order valence-corrected chi connectivity index (χ1v) is 11.8. The van der Waals surface area contributed by atoms with Crippen LogP contribution in [0.4, 0.5) is 10.1 Å². The van der Waals surface area contributed by atoms with Crippen molar-refractivity contribution in [1.82, 2.24) is 25.4 Å². The number of nitrogens with one attached hydrogen (secondary N) is 3. The number of halogens is 1. The zero-order valence-electron chi connectivity index (χ0n) is 19.9. The monoisotopic (exact) mass is 452 g/mol. The lowest BCUT2D eigenvalue weighted by molar-refractivity contribution is -0.123. The number of hydrogen-bond acceptors (Lipinski definition) is 4. The minimum Gasteiger partial charge on any atom is -0.353 e. The summed E-state index contributed by atoms with van der Waals surface area (Å²) in [7, 11) is 1.65. The second-order valence-corrected chi connectivity index (χ2v) is 10.3. The van der Waals surface area contributed by atoms with E-state index in [1.807, 2.05) is 13.0 Å². The molecular formula is C25H33FN6O. The van der Waals surface area contributed by atoms with Crippen molar-refractivity contribution in [2.24, 2.45) is 5.41 Å². The van der Waals surface area contributed by atoms with Gasteiger partial charge in [-0.3, -0.25) is 14.8 Å². The number of likely N-dealkylation sites (N-methyl/N-ethyl adjacent to an activating group) is 1. The summed E-state index contributed by atoms with van der Waals surface area (Å²) in [4.78, 5) is 20.1. The summed E-state index contributed by atoms with van der Waals surface area (Å²) in [5, 5.41) is 11.9. The number of carbonyl (C=O) groups is 1. The first kappa shape index (κ1) is 22.1. The van der Waals surface area contributed by atoms with Crippen molar-refractivity contribution < 1.29 is 9.18 Å². The fraction of sp³-hybridized carbons (Fsp3) is 0.520. The number of rotatable bonds is 4. The number of anilines is 1. The van der Waals surface area contributed by atoms with Gasteiger partial charge in [-0.2, -0.15) is 5.10 Å². The Balaban J connectivity index is 1.43. The van der Waals surface area contributed by atoms with Crippen LogP contribution in [0.5, 0.6) is 0 Å². The van der Waals surface area contributed by atoms with E-state index in [-0.39, 0.29) is 23.1 Å². The Hall–Kier alpha value is -2.71. The van der Waals surface area contributed by atoms with Crippen molar-refractivity contribution in [3.8, 4) is 11.4 Å². The lowest BCUT2D eigenvalue weighted by Gasteiger charge is -2.34. The van der Waals surface area contributed by atoms with Crippen LogP contribution in [0.3, 0.4) is 0 Å². The number of H-pyrrole nitrogens is 2. The highest BCUT2D eigenvalue weighted by Gasteiger charge is 2.30. The van der Waals surface area contributed by atoms with Gasteiger partial charge in [0, 0.05) is 55.4 Å². The molecule has 1 aromatic carbocycles. The summed E-state index contributed by atoms with van der Waals surface area (Å²) in [5.74, 6) is -0.506. The predicted octanol–water partition coefficient (Wildman–Crippen LogP) is 3.47. The summed E-state index contributed by atoms with van der Waals surface area (Å²) in [6.45, 7) is 9.81. The molecule has 1 aliphatic carbocycles. The Morgan fingerprint density at radius 1 is 1.24 bits per heavy atom. The van der Waals surface area contributed by atoms with Gasteiger partial charge < -0.3 is 15.2 Å². The standard InChI is InChI=1S/C25H33FN6O/c1-15(32-9-7-27-8-10-32)24(33)31(4)22-13-19-16(11-18(22)26)12-20(28-19)23-17-5-6-25(2,3)14-21(17)29-30-23/h11-13,15,27-28H,5-10,14H2,1-4H3,(H,29,30)/t15-/m0/s1. The average Bonchev–Trinajstić information content (AvgIpc) is 3.39. The molecule has 1 saturated heterocycles. The van der Waals surface area contributed by atoms with Crippen molar-refractivity contribution in [3.63, 3.8) is 0 Å². The third-order valence-electron chi connectivity index (χ3n) is 7.35. The molecule has 2 aliphatic rings. The predicted molar refractivity (Wildman–Crippen MR) is 129 cm³/mol. The van der Waals surface area contributed by atoms with Crippen LogP contribution in [0, 0.1) is 11.2 Å². The van der Waals surface area contributed by atoms with Crippen LogP contribution in [0.2, 0.25) is 0 Å². The summed E-state index contributed by atoms with van der Waals surface area (Å²) in [6, 6.07) is 4.89. The summed E-state index contributed by atoms with van der Waals surface area (Å²) in [6.07, 6.45) is 3.07. The number of hydrogen-bond donors (Lipinski definition) is 3. The second kappa shape index (κ2) is 8.25. The first-order valence-electron chi connectivity index (χ1n) is 11.8. The number of nitrogens with zero attached hydrogens (tertiary/aromatic N) is 3. The molecule has 1 amide bonds. The lowest BCUT2D eigenvalue weighted by atomic mass is 9.76. The molecule has 1 atom stereocenters. The van der Waals surface area contributed by atoms with E-state index in [4.69, 9.17) is 0 Å². The van der Waals surface area contributed by atoms with Crippen LogP contribution in [0.1, 0.15) is 38.4 Å². The third kappa shape index (κ3) is 4.06. The molecule has 7 nitrogen and oxygen atoms in total. The maximum absolute atomic E-state index is 15.1. The summed E-state index contributed by atoms with van der Waals surface area (Å²) in [5.41, 5.74) is 5.58. The molecule has 176 valence electrons. The van der Waals surface area contributed by atoms with Crippen molar-refractivity contribution in [1.29, 1.82) is 0 Å². The molecule has 5 rings (SSSR count). The smallest absolute Gasteiger partial charge is 0.243 e. The van der Waals surface area contributed by atoms with Crippen LogP contribution in [-0.2, 0) is 17.6 Å². The summed E-state index contributed by atoms with van der Waals surface area (Å²) >= 11 is 0. The van der Waals surface area contributed by atoms with Crippen LogP contribution in [0.25, 0.3) is 22.3 Å². The molecule has 0 unspecified atom stereocenters. The molecule has 1 aliphatic heterocycles. The van der Waals surface area contributed by atoms with E-state index in [0.29, 0.717) is 0 Å². The van der Waals surface area contributed by atoms with Crippen molar-refractivity contribution >= 4 is 22.5 Å². The van der Waals surface area contributed by atoms with Gasteiger partial charge in [-0.05, 0) is 49.8 Å². The van der Waals surface area contributed by atoms with Crippen molar-refractivity contribution in [2.45, 2.75) is 46.1 Å². The van der Waals surface area contributed by atoms with Gasteiger partial charge in [0.05, 0.1) is 17.4 Å². The van der Waals surface area contributed by atoms with Gasteiger partial charge in [-0.15, -0.1) is 0 Å². The van der Waals surface area contributed by atoms with E-state index in [2.05, 4.69) is 39.2 Å². The minimum absolute atomic E-state index is 0.106. The molecule has 2 aromatic heterocycles. The molecule has 8 heteroatoms. The highest BCUT2D eigenvalue weighted by molar-refractivity contribution is 5.99. The maximum atomic E-state index is 15.1. The molecule has 1 fully saturated rings. The van der Waals surface area contributed by atoms with Crippen molar-refractivity contribution in [2.75, 3.05) is 38.1 Å². The second-order valence-electron chi connectivity index (χ2n) is 10.3. The lowest BCUT2D eigenvalue weighted by Crippen LogP contribution is -2.53. The van der Waals surface area contributed by atoms with Gasteiger partial charge >= 0.3 is 0 Å². The van der Waals surface area contributed by atoms with Gasteiger partial charge in [0.15, 0.2) is 0 Å². The van der Waals surface area contributed by atoms with E-state index >= 15 is 4.39 Å². The molecule has 0 radical (unpaired) electrons. The van der Waals surface area contributed by atoms with E-state index in [1.54, 1.807) is 13.1 Å². The number of fused-ring (bicyclic) bond motifs is 2. The topological polar surface area (TPSA) is 80.0 Å². The average molecular weight is 453 g/mol. The number of aromatic amines is 2. The Kier molecular flexibility index (Phi) is 5.53. The summed E-state index contributed by atoms with van der Waals surface area (Å²) < 4.78 is 15.1. The first-order chi connectivity index (χ1) is 15.7. The Morgan fingerprint density at radius 2 is 2.00 bits per heavy atom. The molecular weight excluding hydrogens is 419 g/mol. The van der Waals surface area contributed by atoms with Crippen LogP contribution in [-0.4, -0.2) is 65.3 Å². The normalized spacial score (nSPS) is 19.4. The molecule has 3 N–H and O–H groups in total. The Bertz CT molecular complexity index is 1190. The van der Waals surface area contributed by atoms with Crippen molar-refractivity contribution in [3.05, 3.63) is 35.3 Å². The highest BCUT2D eigenvalue weighted by atomic mass is 19.1. The Labute approximate surface area is 193 Å². The van der Waals surface area contributed by atoms with E-state index in [9.17, 15) is 4.79 Å². The molecule has 0 bridgehead atoms. The minimum atomic E-state index is -0.401. The van der Waals surface area contributed by atoms with Gasteiger partial charge in [0.25, 0.3) is 0 Å². The van der Waals surface area contributed by atoms with E-state index < -0.39 is 5.82 Å². The zero-order chi connectivity index (χ0) is 23.3. The zero-order valence-corrected chi connectivity index (χ0v) is 19.9. The highest BCUT2D eigenvalue weighted by Crippen LogP contribution is 2.38. The number of piperazine rings is 1. The van der Waals surface area contributed by atoms with E-state index in [1.165, 1.54) is 22.2 Å². The number of carbonyl (C=O) groups excluding carboxylic acids is 1. The molecule has 3 heterocycles. The molecule has 0 spiro atoms. The largest absolute Gasteiger partial charge is 0.353 e. The quantitative estimate of drug-likeness (QED) is 0.566. The number of aromatic nitrogens is 3. The van der Waals surface area contributed by atoms with Gasteiger partial charge in [-0.25, -0.2) is 4.39 Å². The fourth-order valence-electron chi connectivity index (χ4n) is 5.22. The number of amides is 1. The maximum Gasteiger partial charge on any atom is 0.243 e. The van der Waals surface area contributed by atoms with E-state index in [0.717, 1.165) is 67.7 Å². The van der Waals surface area contributed by atoms with Gasteiger partial charge in [0.2, 0.25) is 5.91 Å². The van der Waals surface area contributed by atoms with Gasteiger partial charge in [0.1, 0.15) is 11.5 Å².